The van der Waals surface area contributed by atoms with E-state index in [1.807, 2.05) is 19.9 Å². The van der Waals surface area contributed by atoms with Gasteiger partial charge in [0.2, 0.25) is 0 Å². The first-order valence-corrected chi connectivity index (χ1v) is 11.0. The molecule has 3 aromatic carbocycles. The second-order valence-corrected chi connectivity index (χ2v) is 9.34. The third kappa shape index (κ3) is 4.17. The van der Waals surface area contributed by atoms with E-state index in [0.29, 0.717) is 11.3 Å². The number of rotatable bonds is 4. The van der Waals surface area contributed by atoms with Crippen molar-refractivity contribution in [2.24, 2.45) is 0 Å². The summed E-state index contributed by atoms with van der Waals surface area (Å²) in [4.78, 5) is 13.4. The van der Waals surface area contributed by atoms with Crippen molar-refractivity contribution in [1.82, 2.24) is 0 Å². The van der Waals surface area contributed by atoms with Crippen molar-refractivity contribution >= 4 is 44.8 Å². The second kappa shape index (κ2) is 8.19. The highest BCUT2D eigenvalue weighted by molar-refractivity contribution is 7.93. The maximum absolute atomic E-state index is 13.5. The summed E-state index contributed by atoms with van der Waals surface area (Å²) < 4.78 is 27.9. The molecule has 0 heterocycles. The van der Waals surface area contributed by atoms with Crippen LogP contribution >= 0.6 is 23.2 Å². The quantitative estimate of drug-likeness (QED) is 0.495. The zero-order valence-electron chi connectivity index (χ0n) is 16.1. The van der Waals surface area contributed by atoms with Crippen molar-refractivity contribution in [1.29, 1.82) is 0 Å². The lowest BCUT2D eigenvalue weighted by atomic mass is 10.1. The summed E-state index contributed by atoms with van der Waals surface area (Å²) in [6.45, 7) is 5.50. The largest absolute Gasteiger partial charge is 0.272 e. The molecule has 0 spiro atoms. The first-order valence-electron chi connectivity index (χ1n) is 8.80. The Bertz CT molecular complexity index is 1190. The molecular formula is C22H19Cl2NO3S. The molecule has 0 atom stereocenters. The first kappa shape index (κ1) is 21.4. The van der Waals surface area contributed by atoms with Crippen LogP contribution in [0.4, 0.5) is 5.69 Å². The zero-order valence-corrected chi connectivity index (χ0v) is 18.4. The van der Waals surface area contributed by atoms with Gasteiger partial charge < -0.3 is 0 Å². The van der Waals surface area contributed by atoms with Gasteiger partial charge in [-0.2, -0.15) is 4.31 Å². The molecule has 0 aromatic heterocycles. The number of hydrogen-bond donors (Lipinski definition) is 0. The van der Waals surface area contributed by atoms with Gasteiger partial charge in [0.15, 0.2) is 0 Å². The number of carbonyl (C=O) groups excluding carboxylic acids is 1. The van der Waals surface area contributed by atoms with E-state index < -0.39 is 15.9 Å². The van der Waals surface area contributed by atoms with Crippen molar-refractivity contribution in [3.05, 3.63) is 93.0 Å². The molecule has 0 aliphatic rings. The number of benzene rings is 3. The molecule has 0 fully saturated rings. The molecule has 0 unspecified atom stereocenters. The van der Waals surface area contributed by atoms with Crippen molar-refractivity contribution in [2.75, 3.05) is 4.31 Å². The van der Waals surface area contributed by atoms with Gasteiger partial charge in [0, 0.05) is 5.56 Å². The van der Waals surface area contributed by atoms with Crippen LogP contribution in [-0.2, 0) is 10.0 Å². The van der Waals surface area contributed by atoms with Gasteiger partial charge in [-0.3, -0.25) is 4.79 Å². The molecule has 0 bridgehead atoms. The van der Waals surface area contributed by atoms with Gasteiger partial charge in [-0.25, -0.2) is 8.42 Å². The minimum Gasteiger partial charge on any atom is -0.268 e. The first-order chi connectivity index (χ1) is 13.6. The lowest BCUT2D eigenvalue weighted by Crippen LogP contribution is -2.37. The zero-order chi connectivity index (χ0) is 21.3. The highest BCUT2D eigenvalue weighted by Gasteiger charge is 2.33. The number of anilines is 1. The second-order valence-electron chi connectivity index (χ2n) is 6.74. The molecule has 0 aliphatic heterocycles. The van der Waals surface area contributed by atoms with E-state index >= 15 is 0 Å². The molecule has 0 N–H and O–H groups in total. The van der Waals surface area contributed by atoms with Crippen molar-refractivity contribution in [3.63, 3.8) is 0 Å². The lowest BCUT2D eigenvalue weighted by Gasteiger charge is -2.25. The highest BCUT2D eigenvalue weighted by Crippen LogP contribution is 2.32. The Morgan fingerprint density at radius 1 is 0.862 bits per heavy atom. The summed E-state index contributed by atoms with van der Waals surface area (Å²) in [5, 5.41) is 0.453. The SMILES string of the molecule is Cc1ccc(S(=O)(=O)N(C(=O)c2ccc(Cl)c(Cl)c2)c2cccc(C)c2C)cc1. The summed E-state index contributed by atoms with van der Waals surface area (Å²) >= 11 is 12.0. The Kier molecular flexibility index (Phi) is 6.03. The van der Waals surface area contributed by atoms with E-state index in [9.17, 15) is 13.2 Å². The fraction of sp³-hybridized carbons (Fsp3) is 0.136. The molecule has 0 saturated heterocycles. The fourth-order valence-corrected chi connectivity index (χ4v) is 4.64. The summed E-state index contributed by atoms with van der Waals surface area (Å²) in [6, 6.07) is 15.9. The molecule has 150 valence electrons. The van der Waals surface area contributed by atoms with E-state index in [-0.39, 0.29) is 20.5 Å². The van der Waals surface area contributed by atoms with Crippen LogP contribution in [0.2, 0.25) is 10.0 Å². The van der Waals surface area contributed by atoms with Crippen LogP contribution in [0, 0.1) is 20.8 Å². The Hall–Kier alpha value is -2.34. The van der Waals surface area contributed by atoms with Crippen LogP contribution in [0.3, 0.4) is 0 Å². The van der Waals surface area contributed by atoms with Crippen LogP contribution in [0.15, 0.2) is 65.6 Å². The Labute approximate surface area is 180 Å². The average Bonchev–Trinajstić information content (AvgIpc) is 2.67. The Morgan fingerprint density at radius 3 is 2.14 bits per heavy atom. The number of nitrogens with zero attached hydrogens (tertiary/aromatic N) is 1. The predicted molar refractivity (Wildman–Crippen MR) is 118 cm³/mol. The van der Waals surface area contributed by atoms with Gasteiger partial charge in [0.25, 0.3) is 15.9 Å². The van der Waals surface area contributed by atoms with Gasteiger partial charge in [-0.1, -0.05) is 53.0 Å². The lowest BCUT2D eigenvalue weighted by molar-refractivity contribution is 0.100. The minimum atomic E-state index is -4.17. The van der Waals surface area contributed by atoms with Crippen LogP contribution in [0.1, 0.15) is 27.0 Å². The van der Waals surface area contributed by atoms with E-state index in [1.54, 1.807) is 31.2 Å². The maximum atomic E-state index is 13.5. The standard InChI is InChI=1S/C22H19Cl2NO3S/c1-14-7-10-18(11-8-14)29(27,28)25(21-6-4-5-15(2)16(21)3)22(26)17-9-12-19(23)20(24)13-17/h4-13H,1-3H3. The number of aryl methyl sites for hydroxylation is 2. The van der Waals surface area contributed by atoms with Gasteiger partial charge in [0.1, 0.15) is 0 Å². The molecule has 1 amide bonds. The summed E-state index contributed by atoms with van der Waals surface area (Å²) in [7, 11) is -4.17. The topological polar surface area (TPSA) is 54.5 Å². The van der Waals surface area contributed by atoms with Gasteiger partial charge >= 0.3 is 0 Å². The minimum absolute atomic E-state index is 0.0254. The summed E-state index contributed by atoms with van der Waals surface area (Å²) in [6.07, 6.45) is 0. The van der Waals surface area contributed by atoms with Crippen molar-refractivity contribution in [2.45, 2.75) is 25.7 Å². The van der Waals surface area contributed by atoms with Crippen LogP contribution in [0.5, 0.6) is 0 Å². The maximum Gasteiger partial charge on any atom is 0.272 e. The van der Waals surface area contributed by atoms with E-state index in [2.05, 4.69) is 0 Å². The van der Waals surface area contributed by atoms with Gasteiger partial charge in [-0.15, -0.1) is 0 Å². The number of sulfonamides is 1. The predicted octanol–water partition coefficient (Wildman–Crippen LogP) is 5.95. The normalized spacial score (nSPS) is 11.3. The molecular weight excluding hydrogens is 429 g/mol. The smallest absolute Gasteiger partial charge is 0.268 e. The van der Waals surface area contributed by atoms with E-state index in [4.69, 9.17) is 23.2 Å². The van der Waals surface area contributed by atoms with Crippen molar-refractivity contribution < 1.29 is 13.2 Å². The van der Waals surface area contributed by atoms with Gasteiger partial charge in [-0.05, 0) is 68.3 Å². The fourth-order valence-electron chi connectivity index (χ4n) is 2.87. The van der Waals surface area contributed by atoms with Crippen LogP contribution < -0.4 is 4.31 Å². The third-order valence-corrected chi connectivity index (χ3v) is 7.16. The number of halogens is 2. The van der Waals surface area contributed by atoms with E-state index in [0.717, 1.165) is 15.4 Å². The van der Waals surface area contributed by atoms with Crippen LogP contribution in [-0.4, -0.2) is 14.3 Å². The molecule has 29 heavy (non-hydrogen) atoms. The Morgan fingerprint density at radius 2 is 1.52 bits per heavy atom. The summed E-state index contributed by atoms with van der Waals surface area (Å²) in [5.41, 5.74) is 2.89. The van der Waals surface area contributed by atoms with Crippen molar-refractivity contribution in [3.8, 4) is 0 Å². The molecule has 0 saturated carbocycles. The van der Waals surface area contributed by atoms with Gasteiger partial charge in [0.05, 0.1) is 20.6 Å². The molecule has 0 radical (unpaired) electrons. The number of hydrogen-bond acceptors (Lipinski definition) is 3. The monoisotopic (exact) mass is 447 g/mol. The number of carbonyl (C=O) groups is 1. The van der Waals surface area contributed by atoms with E-state index in [1.165, 1.54) is 30.3 Å². The molecule has 3 rings (SSSR count). The highest BCUT2D eigenvalue weighted by atomic mass is 35.5. The summed E-state index contributed by atoms with van der Waals surface area (Å²) in [5.74, 6) is -0.710. The molecule has 4 nitrogen and oxygen atoms in total. The molecule has 7 heteroatoms. The third-order valence-electron chi connectivity index (χ3n) is 4.71. The molecule has 3 aromatic rings. The Balaban J connectivity index is 2.24. The average molecular weight is 448 g/mol. The molecule has 0 aliphatic carbocycles. The van der Waals surface area contributed by atoms with Crippen LogP contribution in [0.25, 0.3) is 0 Å². The number of amides is 1.